The maximum atomic E-state index is 12.4. The highest BCUT2D eigenvalue weighted by molar-refractivity contribution is 6.02. The minimum atomic E-state index is -0.644. The molecular formula is C19H22N2O4. The molecule has 1 heterocycles. The second-order valence-corrected chi connectivity index (χ2v) is 5.63. The topological polar surface area (TPSA) is 83.1 Å². The Morgan fingerprint density at radius 3 is 2.52 bits per heavy atom. The van der Waals surface area contributed by atoms with Crippen LogP contribution in [0.5, 0.6) is 5.75 Å². The molecule has 0 bridgehead atoms. The highest BCUT2D eigenvalue weighted by Gasteiger charge is 2.15. The van der Waals surface area contributed by atoms with Crippen molar-refractivity contribution in [2.24, 2.45) is 4.99 Å². The quantitative estimate of drug-likeness (QED) is 0.845. The van der Waals surface area contributed by atoms with Crippen LogP contribution in [0.1, 0.15) is 42.5 Å². The molecule has 0 aliphatic rings. The van der Waals surface area contributed by atoms with Gasteiger partial charge in [0, 0.05) is 24.7 Å². The lowest BCUT2D eigenvalue weighted by Gasteiger charge is -2.18. The van der Waals surface area contributed by atoms with E-state index in [-0.39, 0.29) is 17.2 Å². The van der Waals surface area contributed by atoms with E-state index in [9.17, 15) is 14.7 Å². The molecule has 0 aliphatic heterocycles. The van der Waals surface area contributed by atoms with Gasteiger partial charge in [0.1, 0.15) is 17.1 Å². The molecule has 1 aromatic heterocycles. The predicted octanol–water partition coefficient (Wildman–Crippen LogP) is 3.28. The number of amides is 1. The molecular weight excluding hydrogens is 320 g/mol. The lowest BCUT2D eigenvalue weighted by molar-refractivity contribution is 0.0773. The molecule has 0 unspecified atom stereocenters. The van der Waals surface area contributed by atoms with Gasteiger partial charge in [-0.3, -0.25) is 9.79 Å². The van der Waals surface area contributed by atoms with Gasteiger partial charge in [0.2, 0.25) is 0 Å². The van der Waals surface area contributed by atoms with Crippen LogP contribution >= 0.6 is 0 Å². The number of carbonyl (C=O) groups excluding carboxylic acids is 1. The first-order chi connectivity index (χ1) is 11.9. The van der Waals surface area contributed by atoms with Gasteiger partial charge in [0.05, 0.1) is 11.4 Å². The second kappa shape index (κ2) is 7.79. The van der Waals surface area contributed by atoms with Gasteiger partial charge in [-0.15, -0.1) is 0 Å². The van der Waals surface area contributed by atoms with Crippen LogP contribution in [0.4, 0.5) is 5.69 Å². The molecule has 0 radical (unpaired) electrons. The standard InChI is InChI=1S/C19H22N2O4/c1-5-21(6-2)18(23)14-8-7-9-15(11-14)20-13(4)17-16(22)10-12(3)25-19(17)24/h7-11,22H,5-6H2,1-4H3. The van der Waals surface area contributed by atoms with Crippen molar-refractivity contribution in [3.8, 4) is 5.75 Å². The summed E-state index contributed by atoms with van der Waals surface area (Å²) in [4.78, 5) is 30.5. The Labute approximate surface area is 146 Å². The predicted molar refractivity (Wildman–Crippen MR) is 96.9 cm³/mol. The Bertz CT molecular complexity index is 864. The third-order valence-corrected chi connectivity index (χ3v) is 3.86. The molecule has 0 spiro atoms. The first-order valence-corrected chi connectivity index (χ1v) is 8.16. The van der Waals surface area contributed by atoms with Gasteiger partial charge in [0.15, 0.2) is 0 Å². The molecule has 2 aromatic rings. The van der Waals surface area contributed by atoms with E-state index in [1.807, 2.05) is 13.8 Å². The van der Waals surface area contributed by atoms with Crippen molar-refractivity contribution < 1.29 is 14.3 Å². The van der Waals surface area contributed by atoms with E-state index >= 15 is 0 Å². The molecule has 0 saturated carbocycles. The molecule has 25 heavy (non-hydrogen) atoms. The van der Waals surface area contributed by atoms with E-state index < -0.39 is 5.63 Å². The van der Waals surface area contributed by atoms with E-state index in [1.54, 1.807) is 43.0 Å². The Kier molecular flexibility index (Phi) is 5.75. The van der Waals surface area contributed by atoms with Crippen molar-refractivity contribution in [3.05, 3.63) is 57.6 Å². The van der Waals surface area contributed by atoms with Crippen LogP contribution in [0.2, 0.25) is 0 Å². The van der Waals surface area contributed by atoms with Gasteiger partial charge in [0.25, 0.3) is 5.91 Å². The fourth-order valence-electron chi connectivity index (χ4n) is 2.58. The van der Waals surface area contributed by atoms with Crippen molar-refractivity contribution >= 4 is 17.3 Å². The monoisotopic (exact) mass is 342 g/mol. The molecule has 1 N–H and O–H groups in total. The Balaban J connectivity index is 2.41. The van der Waals surface area contributed by atoms with Crippen molar-refractivity contribution in [1.29, 1.82) is 0 Å². The average Bonchev–Trinajstić information content (AvgIpc) is 2.55. The fourth-order valence-corrected chi connectivity index (χ4v) is 2.58. The highest BCUT2D eigenvalue weighted by Crippen LogP contribution is 2.20. The highest BCUT2D eigenvalue weighted by atomic mass is 16.4. The van der Waals surface area contributed by atoms with Gasteiger partial charge in [-0.1, -0.05) is 6.07 Å². The molecule has 0 atom stereocenters. The molecule has 6 nitrogen and oxygen atoms in total. The second-order valence-electron chi connectivity index (χ2n) is 5.63. The maximum absolute atomic E-state index is 12.4. The molecule has 6 heteroatoms. The van der Waals surface area contributed by atoms with E-state index in [0.29, 0.717) is 35.8 Å². The first kappa shape index (κ1) is 18.4. The minimum Gasteiger partial charge on any atom is -0.507 e. The number of aryl methyl sites for hydroxylation is 1. The molecule has 1 aromatic carbocycles. The molecule has 0 fully saturated rings. The number of hydrogen-bond acceptors (Lipinski definition) is 5. The zero-order chi connectivity index (χ0) is 18.6. The van der Waals surface area contributed by atoms with Crippen molar-refractivity contribution in [2.45, 2.75) is 27.7 Å². The van der Waals surface area contributed by atoms with Crippen LogP contribution in [-0.2, 0) is 0 Å². The fraction of sp³-hybridized carbons (Fsp3) is 0.316. The summed E-state index contributed by atoms with van der Waals surface area (Å²) in [5.74, 6) is 0.0774. The summed E-state index contributed by atoms with van der Waals surface area (Å²) in [6.07, 6.45) is 0. The molecule has 1 amide bonds. The summed E-state index contributed by atoms with van der Waals surface area (Å²) in [7, 11) is 0. The van der Waals surface area contributed by atoms with Gasteiger partial charge in [-0.05, 0) is 45.9 Å². The SMILES string of the molecule is CCN(CC)C(=O)c1cccc(N=C(C)c2c(O)cc(C)oc2=O)c1. The van der Waals surface area contributed by atoms with Crippen molar-refractivity contribution in [3.63, 3.8) is 0 Å². The number of aliphatic imine (C=N–C) groups is 1. The minimum absolute atomic E-state index is 0.0195. The number of carbonyl (C=O) groups is 1. The lowest BCUT2D eigenvalue weighted by atomic mass is 10.1. The summed E-state index contributed by atoms with van der Waals surface area (Å²) in [6, 6.07) is 8.23. The van der Waals surface area contributed by atoms with Gasteiger partial charge < -0.3 is 14.4 Å². The summed E-state index contributed by atoms with van der Waals surface area (Å²) in [6.45, 7) is 8.29. The van der Waals surface area contributed by atoms with E-state index in [4.69, 9.17) is 4.42 Å². The zero-order valence-electron chi connectivity index (χ0n) is 14.9. The van der Waals surface area contributed by atoms with E-state index in [0.717, 1.165) is 0 Å². The first-order valence-electron chi connectivity index (χ1n) is 8.16. The van der Waals surface area contributed by atoms with Crippen LogP contribution in [0.15, 0.2) is 44.5 Å². The third kappa shape index (κ3) is 4.15. The van der Waals surface area contributed by atoms with Gasteiger partial charge in [-0.2, -0.15) is 0 Å². The number of nitrogens with zero attached hydrogens (tertiary/aromatic N) is 2. The van der Waals surface area contributed by atoms with Crippen molar-refractivity contribution in [1.82, 2.24) is 4.90 Å². The Morgan fingerprint density at radius 1 is 1.24 bits per heavy atom. The number of rotatable bonds is 5. The normalized spacial score (nSPS) is 11.4. The van der Waals surface area contributed by atoms with Crippen molar-refractivity contribution in [2.75, 3.05) is 13.1 Å². The van der Waals surface area contributed by atoms with Gasteiger partial charge in [-0.25, -0.2) is 4.79 Å². The van der Waals surface area contributed by atoms with Gasteiger partial charge >= 0.3 is 5.63 Å². The zero-order valence-corrected chi connectivity index (χ0v) is 14.9. The van der Waals surface area contributed by atoms with Crippen LogP contribution < -0.4 is 5.63 Å². The average molecular weight is 342 g/mol. The van der Waals surface area contributed by atoms with E-state index in [2.05, 4.69) is 4.99 Å². The van der Waals surface area contributed by atoms with E-state index in [1.165, 1.54) is 6.07 Å². The number of aromatic hydroxyl groups is 1. The molecule has 2 rings (SSSR count). The van der Waals surface area contributed by atoms with Crippen LogP contribution in [-0.4, -0.2) is 34.7 Å². The summed E-state index contributed by atoms with van der Waals surface area (Å²) in [5, 5.41) is 10.00. The largest absolute Gasteiger partial charge is 0.507 e. The maximum Gasteiger partial charge on any atom is 0.348 e. The Morgan fingerprint density at radius 2 is 1.92 bits per heavy atom. The number of hydrogen-bond donors (Lipinski definition) is 1. The number of benzene rings is 1. The van der Waals surface area contributed by atoms with Crippen LogP contribution in [0, 0.1) is 6.92 Å². The van der Waals surface area contributed by atoms with Crippen LogP contribution in [0.25, 0.3) is 0 Å². The molecule has 0 aliphatic carbocycles. The Hall–Kier alpha value is -2.89. The summed E-state index contributed by atoms with van der Waals surface area (Å²) >= 11 is 0. The summed E-state index contributed by atoms with van der Waals surface area (Å²) in [5.41, 5.74) is 0.742. The summed E-state index contributed by atoms with van der Waals surface area (Å²) < 4.78 is 5.01. The molecule has 132 valence electrons. The molecule has 0 saturated heterocycles. The van der Waals surface area contributed by atoms with Crippen LogP contribution in [0.3, 0.4) is 0 Å². The third-order valence-electron chi connectivity index (χ3n) is 3.86. The smallest absolute Gasteiger partial charge is 0.348 e. The lowest BCUT2D eigenvalue weighted by Crippen LogP contribution is -2.30.